The van der Waals surface area contributed by atoms with Crippen LogP contribution in [-0.4, -0.2) is 13.1 Å². The van der Waals surface area contributed by atoms with Crippen LogP contribution in [0, 0.1) is 0 Å². The monoisotopic (exact) mass is 254 g/mol. The topological polar surface area (TPSA) is 38.0 Å². The van der Waals surface area contributed by atoms with E-state index in [1.54, 1.807) is 0 Å². The highest BCUT2D eigenvalue weighted by molar-refractivity contribution is 5.52. The van der Waals surface area contributed by atoms with E-state index in [1.165, 1.54) is 16.8 Å². The van der Waals surface area contributed by atoms with Crippen molar-refractivity contribution in [2.24, 2.45) is 5.73 Å². The van der Waals surface area contributed by atoms with Crippen LogP contribution in [0.25, 0.3) is 0 Å². The molecule has 2 heteroatoms. The quantitative estimate of drug-likeness (QED) is 0.743. The fraction of sp³-hybridized carbons (Fsp3) is 0.294. The van der Waals surface area contributed by atoms with E-state index in [0.29, 0.717) is 0 Å². The molecule has 0 spiro atoms. The predicted octanol–water partition coefficient (Wildman–Crippen LogP) is 3.43. The molecule has 0 aliphatic carbocycles. The van der Waals surface area contributed by atoms with Crippen LogP contribution in [0.3, 0.4) is 0 Å². The van der Waals surface area contributed by atoms with Gasteiger partial charge < -0.3 is 11.1 Å². The van der Waals surface area contributed by atoms with Gasteiger partial charge in [-0.3, -0.25) is 0 Å². The van der Waals surface area contributed by atoms with Crippen LogP contribution in [-0.2, 0) is 6.42 Å². The minimum atomic E-state index is 0.771. The second-order valence-corrected chi connectivity index (χ2v) is 4.74. The van der Waals surface area contributed by atoms with Gasteiger partial charge >= 0.3 is 0 Å². The van der Waals surface area contributed by atoms with E-state index in [2.05, 4.69) is 59.9 Å². The van der Waals surface area contributed by atoms with Crippen molar-refractivity contribution in [1.29, 1.82) is 0 Å². The minimum absolute atomic E-state index is 0.771. The fourth-order valence-corrected chi connectivity index (χ4v) is 2.16. The van der Waals surface area contributed by atoms with Gasteiger partial charge in [0.25, 0.3) is 0 Å². The van der Waals surface area contributed by atoms with E-state index < -0.39 is 0 Å². The van der Waals surface area contributed by atoms with Gasteiger partial charge in [0, 0.05) is 12.2 Å². The smallest absolute Gasteiger partial charge is 0.0376 e. The van der Waals surface area contributed by atoms with Gasteiger partial charge in [-0.2, -0.15) is 0 Å². The third kappa shape index (κ3) is 4.42. The molecule has 0 aromatic heterocycles. The molecule has 3 N–H and O–H groups in total. The summed E-state index contributed by atoms with van der Waals surface area (Å²) in [6, 6.07) is 19.1. The van der Waals surface area contributed by atoms with Gasteiger partial charge in [-0.1, -0.05) is 48.5 Å². The first-order chi connectivity index (χ1) is 9.40. The fourth-order valence-electron chi connectivity index (χ4n) is 2.16. The summed E-state index contributed by atoms with van der Waals surface area (Å²) >= 11 is 0. The van der Waals surface area contributed by atoms with Crippen LogP contribution in [0.15, 0.2) is 54.6 Å². The summed E-state index contributed by atoms with van der Waals surface area (Å²) in [5, 5.41) is 3.51. The van der Waals surface area contributed by atoms with Crippen molar-refractivity contribution in [1.82, 2.24) is 0 Å². The lowest BCUT2D eigenvalue weighted by Gasteiger charge is -2.12. The van der Waals surface area contributed by atoms with Gasteiger partial charge in [0.1, 0.15) is 0 Å². The Bertz CT molecular complexity index is 480. The van der Waals surface area contributed by atoms with Crippen LogP contribution >= 0.6 is 0 Å². The standard InChI is InChI=1S/C17H22N2/c18-12-6-7-13-19-17-11-5-4-10-16(17)14-15-8-2-1-3-9-15/h1-5,8-11,19H,6-7,12-14,18H2. The number of benzene rings is 2. The second kappa shape index (κ2) is 7.59. The third-order valence-electron chi connectivity index (χ3n) is 3.20. The van der Waals surface area contributed by atoms with E-state index >= 15 is 0 Å². The second-order valence-electron chi connectivity index (χ2n) is 4.74. The van der Waals surface area contributed by atoms with E-state index in [4.69, 9.17) is 5.73 Å². The number of unbranched alkanes of at least 4 members (excludes halogenated alkanes) is 1. The first-order valence-electron chi connectivity index (χ1n) is 6.96. The Morgan fingerprint density at radius 3 is 2.37 bits per heavy atom. The van der Waals surface area contributed by atoms with Gasteiger partial charge in [0.15, 0.2) is 0 Å². The Hall–Kier alpha value is -1.80. The van der Waals surface area contributed by atoms with Crippen molar-refractivity contribution in [2.45, 2.75) is 19.3 Å². The van der Waals surface area contributed by atoms with E-state index in [-0.39, 0.29) is 0 Å². The number of rotatable bonds is 7. The summed E-state index contributed by atoms with van der Waals surface area (Å²) in [7, 11) is 0. The lowest BCUT2D eigenvalue weighted by Crippen LogP contribution is -2.07. The summed E-state index contributed by atoms with van der Waals surface area (Å²) in [6.07, 6.45) is 3.17. The largest absolute Gasteiger partial charge is 0.385 e. The molecule has 0 aliphatic rings. The normalized spacial score (nSPS) is 10.4. The highest BCUT2D eigenvalue weighted by Crippen LogP contribution is 2.19. The first-order valence-corrected chi connectivity index (χ1v) is 6.96. The molecule has 2 aromatic rings. The predicted molar refractivity (Wildman–Crippen MR) is 82.5 cm³/mol. The summed E-state index contributed by atoms with van der Waals surface area (Å²) in [5.41, 5.74) is 9.45. The first kappa shape index (κ1) is 13.6. The summed E-state index contributed by atoms with van der Waals surface area (Å²) in [5.74, 6) is 0. The van der Waals surface area contributed by atoms with Crippen LogP contribution < -0.4 is 11.1 Å². The van der Waals surface area contributed by atoms with E-state index in [0.717, 1.165) is 32.4 Å². The Kier molecular flexibility index (Phi) is 5.45. The molecule has 2 nitrogen and oxygen atoms in total. The SMILES string of the molecule is NCCCCNc1ccccc1Cc1ccccc1. The zero-order chi connectivity index (χ0) is 13.3. The van der Waals surface area contributed by atoms with Crippen molar-refractivity contribution in [3.63, 3.8) is 0 Å². The Labute approximate surface area is 115 Å². The Morgan fingerprint density at radius 1 is 0.842 bits per heavy atom. The molecule has 0 fully saturated rings. The minimum Gasteiger partial charge on any atom is -0.385 e. The highest BCUT2D eigenvalue weighted by Gasteiger charge is 2.02. The van der Waals surface area contributed by atoms with Gasteiger partial charge in [-0.15, -0.1) is 0 Å². The van der Waals surface area contributed by atoms with Crippen LogP contribution in [0.5, 0.6) is 0 Å². The summed E-state index contributed by atoms with van der Waals surface area (Å²) < 4.78 is 0. The highest BCUT2D eigenvalue weighted by atomic mass is 14.9. The molecule has 2 rings (SSSR count). The molecule has 0 aliphatic heterocycles. The molecule has 19 heavy (non-hydrogen) atoms. The number of hydrogen-bond donors (Lipinski definition) is 2. The zero-order valence-electron chi connectivity index (χ0n) is 11.3. The molecule has 2 aromatic carbocycles. The number of hydrogen-bond acceptors (Lipinski definition) is 2. The number of nitrogens with two attached hydrogens (primary N) is 1. The maximum absolute atomic E-state index is 5.51. The molecule has 0 heterocycles. The van der Waals surface area contributed by atoms with Crippen LogP contribution in [0.2, 0.25) is 0 Å². The average Bonchev–Trinajstić information content (AvgIpc) is 2.46. The Balaban J connectivity index is 2.00. The van der Waals surface area contributed by atoms with E-state index in [9.17, 15) is 0 Å². The van der Waals surface area contributed by atoms with Crippen LogP contribution in [0.4, 0.5) is 5.69 Å². The molecular weight excluding hydrogens is 232 g/mol. The molecule has 0 amide bonds. The lowest BCUT2D eigenvalue weighted by atomic mass is 10.0. The summed E-state index contributed by atoms with van der Waals surface area (Å²) in [6.45, 7) is 1.76. The summed E-state index contributed by atoms with van der Waals surface area (Å²) in [4.78, 5) is 0. The van der Waals surface area contributed by atoms with Gasteiger partial charge in [0.2, 0.25) is 0 Å². The Morgan fingerprint density at radius 2 is 1.58 bits per heavy atom. The molecule has 0 bridgehead atoms. The van der Waals surface area contributed by atoms with Gasteiger partial charge in [-0.25, -0.2) is 0 Å². The maximum atomic E-state index is 5.51. The number of anilines is 1. The average molecular weight is 254 g/mol. The maximum Gasteiger partial charge on any atom is 0.0376 e. The molecule has 0 radical (unpaired) electrons. The third-order valence-corrected chi connectivity index (χ3v) is 3.20. The van der Waals surface area contributed by atoms with Crippen LogP contribution in [0.1, 0.15) is 24.0 Å². The van der Waals surface area contributed by atoms with Crippen molar-refractivity contribution in [2.75, 3.05) is 18.4 Å². The van der Waals surface area contributed by atoms with E-state index in [1.807, 2.05) is 0 Å². The molecule has 0 unspecified atom stereocenters. The lowest BCUT2D eigenvalue weighted by molar-refractivity contribution is 0.773. The van der Waals surface area contributed by atoms with Crippen molar-refractivity contribution in [3.05, 3.63) is 65.7 Å². The zero-order valence-corrected chi connectivity index (χ0v) is 11.3. The molecule has 0 saturated carbocycles. The molecular formula is C17H22N2. The number of para-hydroxylation sites is 1. The molecule has 0 saturated heterocycles. The van der Waals surface area contributed by atoms with Crippen molar-refractivity contribution in [3.8, 4) is 0 Å². The molecule has 100 valence electrons. The van der Waals surface area contributed by atoms with Gasteiger partial charge in [0.05, 0.1) is 0 Å². The molecule has 0 atom stereocenters. The van der Waals surface area contributed by atoms with Crippen molar-refractivity contribution >= 4 is 5.69 Å². The van der Waals surface area contributed by atoms with Crippen molar-refractivity contribution < 1.29 is 0 Å². The number of nitrogens with one attached hydrogen (secondary N) is 1. The van der Waals surface area contributed by atoms with Gasteiger partial charge in [-0.05, 0) is 43.0 Å².